The molecule has 24 heavy (non-hydrogen) atoms. The zero-order chi connectivity index (χ0) is 16.9. The summed E-state index contributed by atoms with van der Waals surface area (Å²) in [6, 6.07) is 8.02. The molecule has 1 aliphatic carbocycles. The van der Waals surface area contributed by atoms with Crippen molar-refractivity contribution in [3.8, 4) is 28.8 Å². The van der Waals surface area contributed by atoms with Gasteiger partial charge in [-0.1, -0.05) is 6.42 Å². The summed E-state index contributed by atoms with van der Waals surface area (Å²) in [5.41, 5.74) is 3.70. The van der Waals surface area contributed by atoms with Crippen LogP contribution >= 0.6 is 11.3 Å². The van der Waals surface area contributed by atoms with Crippen molar-refractivity contribution >= 4 is 16.9 Å². The molecule has 1 aromatic carbocycles. The maximum absolute atomic E-state index is 9.61. The number of rotatable bonds is 4. The van der Waals surface area contributed by atoms with Crippen molar-refractivity contribution < 1.29 is 9.47 Å². The third-order valence-electron chi connectivity index (χ3n) is 4.32. The molecule has 0 N–H and O–H groups in total. The van der Waals surface area contributed by atoms with Crippen LogP contribution in [0.3, 0.4) is 0 Å². The van der Waals surface area contributed by atoms with Crippen molar-refractivity contribution in [1.29, 1.82) is 5.26 Å². The summed E-state index contributed by atoms with van der Waals surface area (Å²) in [7, 11) is 3.28. The van der Waals surface area contributed by atoms with Gasteiger partial charge in [0.05, 0.1) is 25.5 Å². The highest BCUT2D eigenvalue weighted by atomic mass is 32.1. The first-order valence-electron chi connectivity index (χ1n) is 8.07. The van der Waals surface area contributed by atoms with Gasteiger partial charge in [-0.15, -0.1) is 11.3 Å². The summed E-state index contributed by atoms with van der Waals surface area (Å²) in [6.45, 7) is 0. The van der Waals surface area contributed by atoms with Crippen LogP contribution in [0, 0.1) is 11.3 Å². The van der Waals surface area contributed by atoms with Crippen LogP contribution in [-0.2, 0) is 0 Å². The molecule has 124 valence electrons. The number of nitrogens with zero attached hydrogens (tertiary/aromatic N) is 2. The second-order valence-corrected chi connectivity index (χ2v) is 6.61. The van der Waals surface area contributed by atoms with E-state index in [9.17, 15) is 5.26 Å². The summed E-state index contributed by atoms with van der Waals surface area (Å²) in [5.74, 6) is 1.50. The predicted molar refractivity (Wildman–Crippen MR) is 96.3 cm³/mol. The summed E-state index contributed by atoms with van der Waals surface area (Å²) in [6.07, 6.45) is 5.62. The van der Waals surface area contributed by atoms with Gasteiger partial charge in [-0.25, -0.2) is 4.98 Å². The predicted octanol–water partition coefficient (Wildman–Crippen LogP) is 5.07. The number of allylic oxidation sites excluding steroid dienone is 2. The molecule has 0 saturated heterocycles. The quantitative estimate of drug-likeness (QED) is 0.729. The van der Waals surface area contributed by atoms with Crippen LogP contribution in [0.4, 0.5) is 0 Å². The molecule has 0 aliphatic heterocycles. The molecule has 1 heterocycles. The zero-order valence-corrected chi connectivity index (χ0v) is 14.8. The van der Waals surface area contributed by atoms with Gasteiger partial charge in [0.15, 0.2) is 0 Å². The maximum atomic E-state index is 9.61. The van der Waals surface area contributed by atoms with Crippen molar-refractivity contribution in [3.63, 3.8) is 0 Å². The average molecular weight is 340 g/mol. The van der Waals surface area contributed by atoms with Crippen LogP contribution in [0.1, 0.15) is 37.1 Å². The fourth-order valence-corrected chi connectivity index (χ4v) is 3.89. The Morgan fingerprint density at radius 3 is 2.62 bits per heavy atom. The van der Waals surface area contributed by atoms with Gasteiger partial charge in [0, 0.05) is 10.9 Å². The van der Waals surface area contributed by atoms with E-state index in [-0.39, 0.29) is 0 Å². The lowest BCUT2D eigenvalue weighted by Crippen LogP contribution is -1.97. The number of thiazole rings is 1. The standard InChI is InChI=1S/C19H20N2O2S/c1-22-14-8-9-18(23-2)15(10-14)17-12-24-19(21-17)16(11-20)13-6-4-3-5-7-13/h8-10,12H,3-7H2,1-2H3. The Bertz CT molecular complexity index is 794. The molecule has 0 atom stereocenters. The highest BCUT2D eigenvalue weighted by Crippen LogP contribution is 2.37. The Morgan fingerprint density at radius 1 is 1.17 bits per heavy atom. The van der Waals surface area contributed by atoms with Gasteiger partial charge >= 0.3 is 0 Å². The van der Waals surface area contributed by atoms with E-state index in [0.717, 1.165) is 46.2 Å². The van der Waals surface area contributed by atoms with E-state index in [0.29, 0.717) is 0 Å². The van der Waals surface area contributed by atoms with Crippen molar-refractivity contribution in [2.45, 2.75) is 32.1 Å². The molecular weight excluding hydrogens is 320 g/mol. The van der Waals surface area contributed by atoms with Gasteiger partial charge in [0.25, 0.3) is 0 Å². The van der Waals surface area contributed by atoms with E-state index in [1.54, 1.807) is 14.2 Å². The molecule has 0 amide bonds. The first kappa shape index (κ1) is 16.5. The lowest BCUT2D eigenvalue weighted by molar-refractivity contribution is 0.404. The topological polar surface area (TPSA) is 55.1 Å². The summed E-state index contributed by atoms with van der Waals surface area (Å²) in [4.78, 5) is 4.71. The number of hydrogen-bond acceptors (Lipinski definition) is 5. The highest BCUT2D eigenvalue weighted by Gasteiger charge is 2.17. The molecule has 1 saturated carbocycles. The van der Waals surface area contributed by atoms with E-state index < -0.39 is 0 Å². The third-order valence-corrected chi connectivity index (χ3v) is 5.18. The van der Waals surface area contributed by atoms with Gasteiger partial charge in [-0.05, 0) is 49.5 Å². The van der Waals surface area contributed by atoms with Gasteiger partial charge in [-0.3, -0.25) is 0 Å². The van der Waals surface area contributed by atoms with Crippen molar-refractivity contribution in [3.05, 3.63) is 34.2 Å². The summed E-state index contributed by atoms with van der Waals surface area (Å²) in [5, 5.41) is 12.4. The molecular formula is C19H20N2O2S. The zero-order valence-electron chi connectivity index (χ0n) is 14.0. The molecule has 2 aromatic rings. The lowest BCUT2D eigenvalue weighted by Gasteiger charge is -2.14. The Kier molecular flexibility index (Phi) is 5.17. The fraction of sp³-hybridized carbons (Fsp3) is 0.368. The largest absolute Gasteiger partial charge is 0.497 e. The Labute approximate surface area is 146 Å². The first-order valence-corrected chi connectivity index (χ1v) is 8.95. The van der Waals surface area contributed by atoms with E-state index in [1.807, 2.05) is 23.6 Å². The van der Waals surface area contributed by atoms with Gasteiger partial charge in [0.2, 0.25) is 0 Å². The third kappa shape index (κ3) is 3.29. The molecule has 4 nitrogen and oxygen atoms in total. The van der Waals surface area contributed by atoms with Crippen molar-refractivity contribution in [2.75, 3.05) is 14.2 Å². The second kappa shape index (κ2) is 7.50. The normalized spacial score (nSPS) is 14.1. The SMILES string of the molecule is COc1ccc(OC)c(-c2csc(C(C#N)=C3CCCCC3)n2)c1. The lowest BCUT2D eigenvalue weighted by atomic mass is 9.91. The minimum atomic E-state index is 0.747. The monoisotopic (exact) mass is 340 g/mol. The van der Waals surface area contributed by atoms with Crippen LogP contribution in [0.2, 0.25) is 0 Å². The summed E-state index contributed by atoms with van der Waals surface area (Å²) < 4.78 is 10.7. The number of methoxy groups -OCH3 is 2. The fourth-order valence-electron chi connectivity index (χ4n) is 3.03. The highest BCUT2D eigenvalue weighted by molar-refractivity contribution is 7.11. The molecule has 0 bridgehead atoms. The molecule has 5 heteroatoms. The van der Waals surface area contributed by atoms with Crippen LogP contribution in [-0.4, -0.2) is 19.2 Å². The van der Waals surface area contributed by atoms with E-state index >= 15 is 0 Å². The molecule has 0 unspecified atom stereocenters. The number of ether oxygens (including phenoxy) is 2. The van der Waals surface area contributed by atoms with Gasteiger partial charge in [0.1, 0.15) is 22.6 Å². The molecule has 0 radical (unpaired) electrons. The van der Waals surface area contributed by atoms with E-state index in [4.69, 9.17) is 14.5 Å². The number of benzene rings is 1. The minimum Gasteiger partial charge on any atom is -0.497 e. The van der Waals surface area contributed by atoms with Gasteiger partial charge < -0.3 is 9.47 Å². The van der Waals surface area contributed by atoms with E-state index in [1.165, 1.54) is 36.2 Å². The Balaban J connectivity index is 2.00. The van der Waals surface area contributed by atoms with Crippen LogP contribution in [0.5, 0.6) is 11.5 Å². The number of aromatic nitrogens is 1. The van der Waals surface area contributed by atoms with E-state index in [2.05, 4.69) is 6.07 Å². The Morgan fingerprint density at radius 2 is 1.96 bits per heavy atom. The van der Waals surface area contributed by atoms with Crippen LogP contribution in [0.15, 0.2) is 29.2 Å². The van der Waals surface area contributed by atoms with Crippen molar-refractivity contribution in [1.82, 2.24) is 4.98 Å². The maximum Gasteiger partial charge on any atom is 0.134 e. The molecule has 1 aliphatic rings. The summed E-state index contributed by atoms with van der Waals surface area (Å²) >= 11 is 1.52. The minimum absolute atomic E-state index is 0.747. The number of hydrogen-bond donors (Lipinski definition) is 0. The van der Waals surface area contributed by atoms with Gasteiger partial charge in [-0.2, -0.15) is 5.26 Å². The Hall–Kier alpha value is -2.32. The average Bonchev–Trinajstić information content (AvgIpc) is 3.12. The van der Waals surface area contributed by atoms with Crippen LogP contribution in [0.25, 0.3) is 16.8 Å². The molecule has 1 aromatic heterocycles. The smallest absolute Gasteiger partial charge is 0.134 e. The second-order valence-electron chi connectivity index (χ2n) is 5.76. The molecule has 0 spiro atoms. The molecule has 3 rings (SSSR count). The first-order chi connectivity index (χ1) is 11.8. The number of nitriles is 1. The molecule has 1 fully saturated rings. The van der Waals surface area contributed by atoms with Crippen LogP contribution < -0.4 is 9.47 Å². The van der Waals surface area contributed by atoms with Crippen molar-refractivity contribution in [2.24, 2.45) is 0 Å².